The minimum absolute atomic E-state index is 0.160. The lowest BCUT2D eigenvalue weighted by atomic mass is 10.00. The fraction of sp³-hybridized carbons (Fsp3) is 0.837. The molecule has 0 saturated carbocycles. The molecular formula is C49H88O12S. The molecule has 1 fully saturated rings. The third-order valence-electron chi connectivity index (χ3n) is 11.3. The number of carbonyl (C=O) groups is 2. The number of ether oxygens (including phenoxy) is 4. The molecule has 0 aromatic rings. The van der Waals surface area contributed by atoms with E-state index in [-0.39, 0.29) is 19.4 Å². The van der Waals surface area contributed by atoms with Gasteiger partial charge in [0.2, 0.25) is 0 Å². The lowest BCUT2D eigenvalue weighted by Gasteiger charge is -2.40. The van der Waals surface area contributed by atoms with Crippen LogP contribution in [0.15, 0.2) is 37.0 Å². The quantitative estimate of drug-likeness (QED) is 0.0197. The lowest BCUT2D eigenvalue weighted by Crippen LogP contribution is -2.60. The van der Waals surface area contributed by atoms with Crippen molar-refractivity contribution in [3.05, 3.63) is 37.0 Å². The Kier molecular flexibility index (Phi) is 36.6. The molecule has 0 aliphatic carbocycles. The van der Waals surface area contributed by atoms with Crippen LogP contribution >= 0.6 is 0 Å². The zero-order chi connectivity index (χ0) is 45.5. The van der Waals surface area contributed by atoms with E-state index in [1.165, 1.54) is 109 Å². The van der Waals surface area contributed by atoms with E-state index in [1.54, 1.807) is 0 Å². The van der Waals surface area contributed by atoms with E-state index >= 15 is 0 Å². The fourth-order valence-corrected chi connectivity index (χ4v) is 8.20. The molecule has 1 rings (SSSR count). The summed E-state index contributed by atoms with van der Waals surface area (Å²) >= 11 is 0. The molecule has 1 heterocycles. The first-order valence-corrected chi connectivity index (χ1v) is 26.1. The van der Waals surface area contributed by atoms with Gasteiger partial charge >= 0.3 is 11.9 Å². The Morgan fingerprint density at radius 2 is 1.05 bits per heavy atom. The Bertz CT molecular complexity index is 1270. The van der Waals surface area contributed by atoms with Crippen LogP contribution in [-0.4, -0.2) is 96.0 Å². The smallest absolute Gasteiger partial charge is 0.306 e. The second-order valence-electron chi connectivity index (χ2n) is 17.2. The van der Waals surface area contributed by atoms with Crippen molar-refractivity contribution in [3.63, 3.8) is 0 Å². The number of aliphatic hydroxyl groups is 3. The number of unbranched alkanes of at least 4 members (excludes halogenated alkanes) is 25. The summed E-state index contributed by atoms with van der Waals surface area (Å²) in [5.41, 5.74) is 0. The summed E-state index contributed by atoms with van der Waals surface area (Å²) in [7, 11) is -4.60. The highest BCUT2D eigenvalue weighted by Crippen LogP contribution is 2.24. The Morgan fingerprint density at radius 3 is 1.53 bits per heavy atom. The van der Waals surface area contributed by atoms with Crippen LogP contribution in [0.2, 0.25) is 0 Å². The van der Waals surface area contributed by atoms with E-state index in [4.69, 9.17) is 18.9 Å². The minimum atomic E-state index is -4.60. The number of aliphatic hydroxyl groups excluding tert-OH is 3. The van der Waals surface area contributed by atoms with Crippen molar-refractivity contribution in [2.45, 2.75) is 243 Å². The second-order valence-corrected chi connectivity index (χ2v) is 18.7. The first-order chi connectivity index (χ1) is 30.0. The van der Waals surface area contributed by atoms with E-state index < -0.39 is 71.2 Å². The van der Waals surface area contributed by atoms with Gasteiger partial charge < -0.3 is 34.3 Å². The summed E-state index contributed by atoms with van der Waals surface area (Å²) in [6.07, 6.45) is 35.0. The minimum Gasteiger partial charge on any atom is -0.462 e. The second kappa shape index (κ2) is 39.3. The van der Waals surface area contributed by atoms with Gasteiger partial charge in [-0.05, 0) is 57.8 Å². The molecule has 0 radical (unpaired) electrons. The van der Waals surface area contributed by atoms with Gasteiger partial charge in [-0.15, -0.1) is 6.58 Å². The van der Waals surface area contributed by atoms with Crippen LogP contribution in [0, 0.1) is 0 Å². The van der Waals surface area contributed by atoms with Crippen molar-refractivity contribution < 1.29 is 56.8 Å². The summed E-state index contributed by atoms with van der Waals surface area (Å²) in [6, 6.07) is 0. The molecule has 0 bridgehead atoms. The number of rotatable bonds is 42. The summed E-state index contributed by atoms with van der Waals surface area (Å²) < 4.78 is 54.2. The lowest BCUT2D eigenvalue weighted by molar-refractivity contribution is -0.297. The molecule has 0 spiro atoms. The van der Waals surface area contributed by atoms with E-state index in [9.17, 15) is 37.9 Å². The van der Waals surface area contributed by atoms with Crippen LogP contribution in [-0.2, 0) is 38.7 Å². The average molecular weight is 901 g/mol. The number of hydrogen-bond acceptors (Lipinski definition) is 11. The maximum atomic E-state index is 12.9. The molecule has 2 unspecified atom stereocenters. The molecule has 362 valence electrons. The van der Waals surface area contributed by atoms with Gasteiger partial charge in [-0.3, -0.25) is 14.1 Å². The van der Waals surface area contributed by atoms with Crippen molar-refractivity contribution in [1.29, 1.82) is 0 Å². The number of allylic oxidation sites excluding steroid dienone is 5. The Morgan fingerprint density at radius 1 is 0.597 bits per heavy atom. The highest BCUT2D eigenvalue weighted by atomic mass is 32.2. The normalized spacial score (nSPS) is 19.9. The molecule has 1 aliphatic rings. The van der Waals surface area contributed by atoms with Gasteiger partial charge in [0.1, 0.15) is 36.8 Å². The zero-order valence-corrected chi connectivity index (χ0v) is 39.4. The largest absolute Gasteiger partial charge is 0.462 e. The first kappa shape index (κ1) is 57.9. The molecule has 0 aromatic heterocycles. The molecule has 1 aliphatic heterocycles. The van der Waals surface area contributed by atoms with Crippen molar-refractivity contribution in [1.82, 2.24) is 0 Å². The van der Waals surface area contributed by atoms with Crippen LogP contribution in [0.1, 0.15) is 206 Å². The van der Waals surface area contributed by atoms with Crippen molar-refractivity contribution in [2.75, 3.05) is 19.0 Å². The highest BCUT2D eigenvalue weighted by molar-refractivity contribution is 7.85. The van der Waals surface area contributed by atoms with E-state index in [1.807, 2.05) is 6.08 Å². The van der Waals surface area contributed by atoms with E-state index in [0.717, 1.165) is 64.2 Å². The van der Waals surface area contributed by atoms with Gasteiger partial charge in [-0.25, -0.2) is 0 Å². The first-order valence-electron chi connectivity index (χ1n) is 24.5. The molecule has 4 N–H and O–H groups in total. The van der Waals surface area contributed by atoms with Crippen LogP contribution in [0.5, 0.6) is 0 Å². The summed E-state index contributed by atoms with van der Waals surface area (Å²) in [5, 5.41) is 30.9. The van der Waals surface area contributed by atoms with Crippen LogP contribution in [0.3, 0.4) is 0 Å². The molecule has 0 aromatic carbocycles. The monoisotopic (exact) mass is 901 g/mol. The van der Waals surface area contributed by atoms with Crippen molar-refractivity contribution in [3.8, 4) is 0 Å². The van der Waals surface area contributed by atoms with Crippen molar-refractivity contribution in [2.24, 2.45) is 0 Å². The molecule has 12 nitrogen and oxygen atoms in total. The standard InChI is InChI=1S/C49H88O12S/c1-3-5-7-9-11-13-15-17-19-20-21-22-24-26-28-30-32-34-36-38-45(51)60-42(40-59-49-48(54)47(53)46(52)43(61-49)41-62(55,56)57)39-58-44(50)37-35-33-31-29-27-25-23-18-16-14-12-10-8-6-4-2/h4,11,13,17,19,42-43,46-49,52-54H,2-3,5-10,12,14-16,18,20-41H2,1H3,(H,55,56,57)/b13-11+,19-17+/t42-,43-,46-,47?,48?,49+/m1/s1. The molecule has 0 amide bonds. The maximum Gasteiger partial charge on any atom is 0.306 e. The third-order valence-corrected chi connectivity index (χ3v) is 12.1. The topological polar surface area (TPSA) is 186 Å². The van der Waals surface area contributed by atoms with Gasteiger partial charge in [0.05, 0.1) is 6.61 Å². The highest BCUT2D eigenvalue weighted by Gasteiger charge is 2.46. The van der Waals surface area contributed by atoms with Crippen LogP contribution < -0.4 is 0 Å². The van der Waals surface area contributed by atoms with Gasteiger partial charge in [-0.1, -0.05) is 166 Å². The number of hydrogen-bond donors (Lipinski definition) is 4. The van der Waals surface area contributed by atoms with Gasteiger partial charge in [0.15, 0.2) is 12.4 Å². The number of esters is 2. The molecule has 1 saturated heterocycles. The molecular weight excluding hydrogens is 813 g/mol. The fourth-order valence-electron chi connectivity index (χ4n) is 7.51. The van der Waals surface area contributed by atoms with E-state index in [2.05, 4.69) is 37.8 Å². The van der Waals surface area contributed by atoms with Gasteiger partial charge in [-0.2, -0.15) is 8.42 Å². The average Bonchev–Trinajstić information content (AvgIpc) is 3.24. The van der Waals surface area contributed by atoms with Gasteiger partial charge in [0, 0.05) is 12.8 Å². The Hall–Kier alpha value is -2.13. The molecule has 6 atom stereocenters. The van der Waals surface area contributed by atoms with Crippen LogP contribution in [0.25, 0.3) is 0 Å². The Labute approximate surface area is 376 Å². The summed E-state index contributed by atoms with van der Waals surface area (Å²) in [6.45, 7) is 5.28. The summed E-state index contributed by atoms with van der Waals surface area (Å²) in [5.74, 6) is -1.99. The van der Waals surface area contributed by atoms with Gasteiger partial charge in [0.25, 0.3) is 10.1 Å². The maximum absolute atomic E-state index is 12.9. The predicted molar refractivity (Wildman–Crippen MR) is 247 cm³/mol. The predicted octanol–water partition coefficient (Wildman–Crippen LogP) is 10.6. The summed E-state index contributed by atoms with van der Waals surface area (Å²) in [4.78, 5) is 25.5. The zero-order valence-electron chi connectivity index (χ0n) is 38.6. The molecule has 13 heteroatoms. The Balaban J connectivity index is 2.39. The SMILES string of the molecule is C=CCCCCCCCCCCCCCCCC(=O)OC[C@H](CO[C@H]1O[C@H](CS(=O)(=O)O)[C@@H](O)C(O)C1O)OC(=O)CCCCCCCCCCC/C=C/C/C=C/CCCCC. The number of carbonyl (C=O) groups excluding carboxylic acids is 2. The van der Waals surface area contributed by atoms with Crippen molar-refractivity contribution >= 4 is 22.1 Å². The van der Waals surface area contributed by atoms with E-state index in [0.29, 0.717) is 12.8 Å². The molecule has 62 heavy (non-hydrogen) atoms. The van der Waals surface area contributed by atoms with Crippen LogP contribution in [0.4, 0.5) is 0 Å². The third kappa shape index (κ3) is 33.4.